The smallest absolute Gasteiger partial charge is 0.399 e. The van der Waals surface area contributed by atoms with Crippen molar-refractivity contribution in [2.75, 3.05) is 0 Å². The highest BCUT2D eigenvalue weighted by molar-refractivity contribution is 6.63. The second-order valence-corrected chi connectivity index (χ2v) is 5.60. The van der Waals surface area contributed by atoms with Crippen LogP contribution in [-0.2, 0) is 9.31 Å². The molecule has 0 bridgehead atoms. The van der Waals surface area contributed by atoms with Crippen LogP contribution in [0.3, 0.4) is 0 Å². The van der Waals surface area contributed by atoms with Crippen LogP contribution in [0, 0.1) is 13.8 Å². The number of aryl methyl sites for hydroxylation is 2. The van der Waals surface area contributed by atoms with E-state index in [2.05, 4.69) is 39.6 Å². The van der Waals surface area contributed by atoms with Gasteiger partial charge in [-0.3, -0.25) is 0 Å². The Hall–Kier alpha value is -0.735. The summed E-state index contributed by atoms with van der Waals surface area (Å²) in [4.78, 5) is 3.21. The van der Waals surface area contributed by atoms with Gasteiger partial charge in [0, 0.05) is 17.4 Å². The summed E-state index contributed by atoms with van der Waals surface area (Å²) in [5, 5.41) is 0. The van der Waals surface area contributed by atoms with E-state index in [1.807, 2.05) is 13.1 Å². The van der Waals surface area contributed by atoms with Crippen molar-refractivity contribution in [3.05, 3.63) is 17.5 Å². The van der Waals surface area contributed by atoms with Gasteiger partial charge >= 0.3 is 7.12 Å². The molecule has 1 N–H and O–H groups in total. The Balaban J connectivity index is 2.34. The van der Waals surface area contributed by atoms with Crippen LogP contribution in [0.15, 0.2) is 6.20 Å². The van der Waals surface area contributed by atoms with Crippen molar-refractivity contribution in [2.45, 2.75) is 52.7 Å². The highest BCUT2D eigenvalue weighted by Crippen LogP contribution is 2.36. The topological polar surface area (TPSA) is 34.2 Å². The van der Waals surface area contributed by atoms with E-state index in [4.69, 9.17) is 9.31 Å². The molecule has 1 aliphatic heterocycles. The van der Waals surface area contributed by atoms with Gasteiger partial charge in [-0.15, -0.1) is 0 Å². The average molecular weight is 221 g/mol. The zero-order valence-electron chi connectivity index (χ0n) is 11.0. The zero-order valence-corrected chi connectivity index (χ0v) is 11.0. The number of aromatic amines is 1. The lowest BCUT2D eigenvalue weighted by Gasteiger charge is -2.32. The first-order valence-corrected chi connectivity index (χ1v) is 5.75. The molecule has 0 unspecified atom stereocenters. The number of rotatable bonds is 1. The van der Waals surface area contributed by atoms with Crippen molar-refractivity contribution < 1.29 is 9.31 Å². The van der Waals surface area contributed by atoms with E-state index < -0.39 is 0 Å². The number of H-pyrrole nitrogens is 1. The van der Waals surface area contributed by atoms with Gasteiger partial charge in [0.15, 0.2) is 0 Å². The summed E-state index contributed by atoms with van der Waals surface area (Å²) in [7, 11) is -0.253. The minimum absolute atomic E-state index is 0.253. The Morgan fingerprint density at radius 3 is 1.94 bits per heavy atom. The standard InChI is InChI=1S/C12H20BNO2/c1-8-7-14-9(2)10(8)13-15-11(3,4)12(5,6)16-13/h7,14H,1-6H3. The first kappa shape index (κ1) is 11.7. The van der Waals surface area contributed by atoms with E-state index in [9.17, 15) is 0 Å². The number of aromatic nitrogens is 1. The van der Waals surface area contributed by atoms with Crippen molar-refractivity contribution >= 4 is 12.6 Å². The molecule has 88 valence electrons. The molecule has 3 nitrogen and oxygen atoms in total. The molecule has 0 spiro atoms. The Morgan fingerprint density at radius 1 is 1.06 bits per heavy atom. The van der Waals surface area contributed by atoms with Crippen LogP contribution in [0.1, 0.15) is 39.0 Å². The highest BCUT2D eigenvalue weighted by Gasteiger charge is 2.52. The van der Waals surface area contributed by atoms with Crippen molar-refractivity contribution in [3.63, 3.8) is 0 Å². The number of nitrogens with one attached hydrogen (secondary N) is 1. The third-order valence-electron chi connectivity index (χ3n) is 3.82. The Labute approximate surface area is 97.7 Å². The lowest BCUT2D eigenvalue weighted by molar-refractivity contribution is 0.00578. The van der Waals surface area contributed by atoms with Gasteiger partial charge in [0.2, 0.25) is 0 Å². The molecule has 4 heteroatoms. The molecule has 1 aromatic rings. The molecule has 1 fully saturated rings. The van der Waals surface area contributed by atoms with Crippen LogP contribution in [0.4, 0.5) is 0 Å². The molecule has 16 heavy (non-hydrogen) atoms. The SMILES string of the molecule is Cc1c[nH]c(C)c1B1OC(C)(C)C(C)(C)O1. The number of hydrogen-bond donors (Lipinski definition) is 1. The highest BCUT2D eigenvalue weighted by atomic mass is 16.7. The second-order valence-electron chi connectivity index (χ2n) is 5.60. The summed E-state index contributed by atoms with van der Waals surface area (Å²) in [5.41, 5.74) is 2.91. The first-order chi connectivity index (χ1) is 7.24. The lowest BCUT2D eigenvalue weighted by Crippen LogP contribution is -2.41. The number of hydrogen-bond acceptors (Lipinski definition) is 2. The molecule has 0 aliphatic carbocycles. The summed E-state index contributed by atoms with van der Waals surface area (Å²) in [5.74, 6) is 0. The molecule has 0 amide bonds. The molecule has 1 aliphatic rings. The van der Waals surface area contributed by atoms with E-state index in [0.717, 1.165) is 11.2 Å². The van der Waals surface area contributed by atoms with Gasteiger partial charge in [-0.25, -0.2) is 0 Å². The van der Waals surface area contributed by atoms with E-state index in [-0.39, 0.29) is 18.3 Å². The van der Waals surface area contributed by atoms with Crippen molar-refractivity contribution in [1.82, 2.24) is 4.98 Å². The Kier molecular flexibility index (Phi) is 2.48. The molecule has 1 saturated heterocycles. The zero-order chi connectivity index (χ0) is 12.1. The summed E-state index contributed by atoms with van der Waals surface area (Å²) < 4.78 is 12.1. The maximum atomic E-state index is 6.03. The fourth-order valence-electron chi connectivity index (χ4n) is 1.99. The quantitative estimate of drug-likeness (QED) is 0.735. The minimum atomic E-state index is -0.270. The van der Waals surface area contributed by atoms with Crippen LogP contribution >= 0.6 is 0 Å². The fraction of sp³-hybridized carbons (Fsp3) is 0.667. The average Bonchev–Trinajstić information content (AvgIpc) is 2.52. The van der Waals surface area contributed by atoms with Crippen molar-refractivity contribution in [2.24, 2.45) is 0 Å². The van der Waals surface area contributed by atoms with Gasteiger partial charge in [0.05, 0.1) is 11.2 Å². The van der Waals surface area contributed by atoms with E-state index in [0.29, 0.717) is 0 Å². The lowest BCUT2D eigenvalue weighted by atomic mass is 9.77. The molecule has 2 heterocycles. The van der Waals surface area contributed by atoms with Gasteiger partial charge in [0.1, 0.15) is 0 Å². The first-order valence-electron chi connectivity index (χ1n) is 5.75. The minimum Gasteiger partial charge on any atom is -0.399 e. The van der Waals surface area contributed by atoms with E-state index in [1.54, 1.807) is 0 Å². The molecule has 0 aromatic carbocycles. The second kappa shape index (κ2) is 3.38. The van der Waals surface area contributed by atoms with Gasteiger partial charge in [-0.05, 0) is 47.1 Å². The van der Waals surface area contributed by atoms with Crippen LogP contribution < -0.4 is 5.46 Å². The third kappa shape index (κ3) is 1.60. The van der Waals surface area contributed by atoms with Crippen molar-refractivity contribution in [1.29, 1.82) is 0 Å². The molecule has 2 rings (SSSR count). The molecular weight excluding hydrogens is 201 g/mol. The normalized spacial score (nSPS) is 22.8. The van der Waals surface area contributed by atoms with Crippen LogP contribution in [0.5, 0.6) is 0 Å². The monoisotopic (exact) mass is 221 g/mol. The maximum absolute atomic E-state index is 6.03. The summed E-state index contributed by atoms with van der Waals surface area (Å²) in [6.07, 6.45) is 2.00. The largest absolute Gasteiger partial charge is 0.496 e. The van der Waals surface area contributed by atoms with Gasteiger partial charge in [-0.1, -0.05) is 0 Å². The van der Waals surface area contributed by atoms with Crippen LogP contribution in [0.25, 0.3) is 0 Å². The molecular formula is C12H20BNO2. The van der Waals surface area contributed by atoms with Crippen molar-refractivity contribution in [3.8, 4) is 0 Å². The van der Waals surface area contributed by atoms with Gasteiger partial charge in [0.25, 0.3) is 0 Å². The Morgan fingerprint density at radius 2 is 1.56 bits per heavy atom. The summed E-state index contributed by atoms with van der Waals surface area (Å²) in [6, 6.07) is 0. The van der Waals surface area contributed by atoms with Crippen LogP contribution in [-0.4, -0.2) is 23.3 Å². The predicted octanol–water partition coefficient (Wildman–Crippen LogP) is 1.93. The molecule has 1 aromatic heterocycles. The van der Waals surface area contributed by atoms with Gasteiger partial charge in [-0.2, -0.15) is 0 Å². The summed E-state index contributed by atoms with van der Waals surface area (Å²) in [6.45, 7) is 12.4. The van der Waals surface area contributed by atoms with E-state index >= 15 is 0 Å². The molecule has 0 radical (unpaired) electrons. The molecule has 0 saturated carbocycles. The maximum Gasteiger partial charge on any atom is 0.496 e. The summed E-state index contributed by atoms with van der Waals surface area (Å²) >= 11 is 0. The van der Waals surface area contributed by atoms with Gasteiger partial charge < -0.3 is 14.3 Å². The Bertz CT molecular complexity index is 374. The van der Waals surface area contributed by atoms with Crippen LogP contribution in [0.2, 0.25) is 0 Å². The van der Waals surface area contributed by atoms with E-state index in [1.165, 1.54) is 5.56 Å². The third-order valence-corrected chi connectivity index (χ3v) is 3.82. The predicted molar refractivity (Wildman–Crippen MR) is 66.0 cm³/mol. The molecule has 0 atom stereocenters. The fourth-order valence-corrected chi connectivity index (χ4v) is 1.99.